The Balaban J connectivity index is 2.22. The van der Waals surface area contributed by atoms with Crippen LogP contribution in [0.5, 0.6) is 5.75 Å². The molecule has 25 heavy (non-hydrogen) atoms. The van der Waals surface area contributed by atoms with E-state index in [0.29, 0.717) is 25.4 Å². The summed E-state index contributed by atoms with van der Waals surface area (Å²) in [5.41, 5.74) is 2.42. The van der Waals surface area contributed by atoms with Crippen LogP contribution < -0.4 is 20.9 Å². The van der Waals surface area contributed by atoms with Crippen molar-refractivity contribution in [3.05, 3.63) is 18.2 Å². The van der Waals surface area contributed by atoms with Gasteiger partial charge in [-0.15, -0.1) is 0 Å². The Labute approximate surface area is 164 Å². The highest BCUT2D eigenvalue weighted by Crippen LogP contribution is 2.36. The molecule has 0 saturated heterocycles. The fourth-order valence-corrected chi connectivity index (χ4v) is 2.88. The molecule has 0 fully saturated rings. The van der Waals surface area contributed by atoms with Crippen LogP contribution in [0.15, 0.2) is 28.0 Å². The fourth-order valence-electron chi connectivity index (χ4n) is 1.62. The molecule has 0 aliphatic heterocycles. The molecular formula is C14H21Cl2N5O2S2. The quantitative estimate of drug-likeness (QED) is 0.177. The zero-order valence-corrected chi connectivity index (χ0v) is 17.0. The summed E-state index contributed by atoms with van der Waals surface area (Å²) in [4.78, 5) is 6.84. The molecule has 0 aromatic heterocycles. The Kier molecular flexibility index (Phi) is 10.9. The third-order valence-corrected chi connectivity index (χ3v) is 4.56. The van der Waals surface area contributed by atoms with Gasteiger partial charge >= 0.3 is 0 Å². The molecule has 0 amide bonds. The summed E-state index contributed by atoms with van der Waals surface area (Å²) in [5, 5.41) is 20.5. The van der Waals surface area contributed by atoms with E-state index in [-0.39, 0.29) is 18.0 Å². The molecule has 0 spiro atoms. The largest absolute Gasteiger partial charge is 0.492 e. The van der Waals surface area contributed by atoms with Gasteiger partial charge in [-0.1, -0.05) is 0 Å². The summed E-state index contributed by atoms with van der Waals surface area (Å²) in [6, 6.07) is 5.65. The number of halogens is 2. The molecule has 0 heterocycles. The van der Waals surface area contributed by atoms with Gasteiger partial charge in [-0.05, 0) is 75.4 Å². The van der Waals surface area contributed by atoms with E-state index in [1.54, 1.807) is 0 Å². The molecule has 1 aromatic carbocycles. The predicted molar refractivity (Wildman–Crippen MR) is 106 cm³/mol. The fraction of sp³-hybridized carbons (Fsp3) is 0.429. The van der Waals surface area contributed by atoms with Crippen LogP contribution in [0.25, 0.3) is 0 Å². The number of guanidine groups is 2. The first kappa shape index (κ1) is 22.0. The molecule has 0 atom stereocenters. The number of hydroxylamine groups is 1. The van der Waals surface area contributed by atoms with Crippen molar-refractivity contribution < 1.29 is 9.57 Å². The summed E-state index contributed by atoms with van der Waals surface area (Å²) in [5.74, 6) is 0.579. The average Bonchev–Trinajstić information content (AvgIpc) is 2.56. The van der Waals surface area contributed by atoms with E-state index in [1.807, 2.05) is 32.0 Å². The monoisotopic (exact) mass is 425 g/mol. The third kappa shape index (κ3) is 9.31. The van der Waals surface area contributed by atoms with Gasteiger partial charge < -0.3 is 10.1 Å². The lowest BCUT2D eigenvalue weighted by Gasteiger charge is -2.14. The summed E-state index contributed by atoms with van der Waals surface area (Å²) < 4.78 is 5.69. The molecular weight excluding hydrogens is 405 g/mol. The Hall–Kier alpha value is -1.000. The normalized spacial score (nSPS) is 10.4. The maximum absolute atomic E-state index is 7.58. The van der Waals surface area contributed by atoms with Crippen molar-refractivity contribution in [1.82, 2.24) is 16.1 Å². The van der Waals surface area contributed by atoms with Crippen LogP contribution in [-0.2, 0) is 4.84 Å². The maximum Gasteiger partial charge on any atom is 0.219 e. The highest BCUT2D eigenvalue weighted by molar-refractivity contribution is 8.21. The van der Waals surface area contributed by atoms with Gasteiger partial charge in [-0.3, -0.25) is 21.0 Å². The average molecular weight is 426 g/mol. The van der Waals surface area contributed by atoms with Gasteiger partial charge in [0.15, 0.2) is 5.96 Å². The van der Waals surface area contributed by atoms with Gasteiger partial charge in [0.25, 0.3) is 0 Å². The Morgan fingerprint density at radius 3 is 2.56 bits per heavy atom. The minimum Gasteiger partial charge on any atom is -0.492 e. The Morgan fingerprint density at radius 1 is 1.16 bits per heavy atom. The number of hydrogen-bond donors (Lipinski definition) is 5. The molecule has 7 nitrogen and oxygen atoms in total. The second-order valence-corrected chi connectivity index (χ2v) is 7.24. The van der Waals surface area contributed by atoms with Crippen molar-refractivity contribution in [2.24, 2.45) is 0 Å². The van der Waals surface area contributed by atoms with E-state index in [1.165, 1.54) is 0 Å². The lowest BCUT2D eigenvalue weighted by Crippen LogP contribution is -2.47. The predicted octanol–water partition coefficient (Wildman–Crippen LogP) is 3.93. The minimum absolute atomic E-state index is 0.0302. The SMILES string of the molecule is CC(C)NC(=N)NC(=N)NOCCCOc1cc(SCl)ccc1SCl. The van der Waals surface area contributed by atoms with Crippen LogP contribution in [0.2, 0.25) is 0 Å². The summed E-state index contributed by atoms with van der Waals surface area (Å²) in [6.07, 6.45) is 0.604. The second-order valence-electron chi connectivity index (χ2n) is 5.09. The molecule has 1 rings (SSSR count). The van der Waals surface area contributed by atoms with Crippen LogP contribution in [0, 0.1) is 10.8 Å². The van der Waals surface area contributed by atoms with E-state index in [0.717, 1.165) is 31.7 Å². The second kappa shape index (κ2) is 12.4. The van der Waals surface area contributed by atoms with Gasteiger partial charge in [-0.25, -0.2) is 5.48 Å². The van der Waals surface area contributed by atoms with Crippen molar-refractivity contribution in [3.63, 3.8) is 0 Å². The highest BCUT2D eigenvalue weighted by Gasteiger charge is 2.06. The zero-order chi connectivity index (χ0) is 18.7. The van der Waals surface area contributed by atoms with E-state index >= 15 is 0 Å². The van der Waals surface area contributed by atoms with E-state index in [2.05, 4.69) is 16.1 Å². The topological polar surface area (TPSA) is 102 Å². The molecule has 1 aromatic rings. The summed E-state index contributed by atoms with van der Waals surface area (Å²) >= 11 is 0. The van der Waals surface area contributed by atoms with Crippen molar-refractivity contribution >= 4 is 55.2 Å². The lowest BCUT2D eigenvalue weighted by molar-refractivity contribution is 0.0722. The zero-order valence-electron chi connectivity index (χ0n) is 13.8. The number of rotatable bonds is 9. The van der Waals surface area contributed by atoms with Gasteiger partial charge in [0.05, 0.1) is 18.1 Å². The van der Waals surface area contributed by atoms with Crippen molar-refractivity contribution in [2.75, 3.05) is 13.2 Å². The molecule has 0 aliphatic rings. The number of hydrogen-bond acceptors (Lipinski definition) is 6. The van der Waals surface area contributed by atoms with Crippen LogP contribution in [0.1, 0.15) is 20.3 Å². The molecule has 0 aliphatic carbocycles. The third-order valence-electron chi connectivity index (χ3n) is 2.59. The minimum atomic E-state index is -0.119. The lowest BCUT2D eigenvalue weighted by atomic mass is 10.3. The van der Waals surface area contributed by atoms with Crippen molar-refractivity contribution in [2.45, 2.75) is 36.1 Å². The Bertz CT molecular complexity index is 578. The number of nitrogens with one attached hydrogen (secondary N) is 5. The number of ether oxygens (including phenoxy) is 1. The molecule has 0 bridgehead atoms. The molecule has 11 heteroatoms. The highest BCUT2D eigenvalue weighted by atomic mass is 35.7. The summed E-state index contributed by atoms with van der Waals surface area (Å²) in [7, 11) is 13.7. The van der Waals surface area contributed by atoms with Crippen LogP contribution in [-0.4, -0.2) is 31.2 Å². The van der Waals surface area contributed by atoms with E-state index in [9.17, 15) is 0 Å². The van der Waals surface area contributed by atoms with Gasteiger partial charge in [-0.2, -0.15) is 0 Å². The molecule has 0 radical (unpaired) electrons. The van der Waals surface area contributed by atoms with Gasteiger partial charge in [0.1, 0.15) is 5.75 Å². The van der Waals surface area contributed by atoms with E-state index < -0.39 is 0 Å². The Morgan fingerprint density at radius 2 is 1.92 bits per heavy atom. The van der Waals surface area contributed by atoms with Crippen molar-refractivity contribution in [3.8, 4) is 5.75 Å². The van der Waals surface area contributed by atoms with Gasteiger partial charge in [0, 0.05) is 17.4 Å². The first-order valence-electron chi connectivity index (χ1n) is 7.38. The van der Waals surface area contributed by atoms with Crippen LogP contribution >= 0.6 is 43.3 Å². The van der Waals surface area contributed by atoms with Crippen LogP contribution in [0.4, 0.5) is 0 Å². The van der Waals surface area contributed by atoms with Crippen molar-refractivity contribution in [1.29, 1.82) is 10.8 Å². The summed E-state index contributed by atoms with van der Waals surface area (Å²) in [6.45, 7) is 4.56. The van der Waals surface area contributed by atoms with Gasteiger partial charge in [0.2, 0.25) is 5.96 Å². The van der Waals surface area contributed by atoms with E-state index in [4.69, 9.17) is 41.8 Å². The smallest absolute Gasteiger partial charge is 0.219 e. The maximum atomic E-state index is 7.58. The van der Waals surface area contributed by atoms with Crippen LogP contribution in [0.3, 0.4) is 0 Å². The standard InChI is InChI=1S/C14H21Cl2N5O2S2/c1-9(2)19-13(17)20-14(18)21-23-7-3-6-22-11-8-10(24-15)4-5-12(11)25-16/h4-5,8-9H,3,6-7H2,1-2H3,(H5,17,18,19,20,21). The molecule has 140 valence electrons. The molecule has 5 N–H and O–H groups in total. The number of benzene rings is 1. The molecule has 0 saturated carbocycles. The first-order valence-corrected chi connectivity index (χ1v) is 10.7. The molecule has 0 unspecified atom stereocenters. The first-order chi connectivity index (χ1) is 12.0.